The van der Waals surface area contributed by atoms with Gasteiger partial charge in [-0.2, -0.15) is 0 Å². The van der Waals surface area contributed by atoms with Crippen molar-refractivity contribution in [1.82, 2.24) is 36.4 Å². The molecule has 0 saturated carbocycles. The second kappa shape index (κ2) is 26.2. The van der Waals surface area contributed by atoms with Crippen molar-refractivity contribution in [3.05, 3.63) is 137 Å². The number of rotatable bonds is 7. The van der Waals surface area contributed by atoms with Gasteiger partial charge in [0.15, 0.2) is 6.23 Å². The number of hydrogen-bond donors (Lipinski definition) is 14. The normalized spacial score (nSPS) is 27.6. The zero-order valence-electron chi connectivity index (χ0n) is 43.6. The summed E-state index contributed by atoms with van der Waals surface area (Å²) in [6.45, 7) is 2.67. The number of benzene rings is 4. The van der Waals surface area contributed by atoms with E-state index < -0.39 is 152 Å². The minimum absolute atomic E-state index is 0.0324. The van der Waals surface area contributed by atoms with Gasteiger partial charge in [-0.15, -0.1) is 0 Å². The van der Waals surface area contributed by atoms with Gasteiger partial charge in [-0.3, -0.25) is 33.6 Å². The largest absolute Gasteiger partial charge is 0.508 e. The molecule has 3 aliphatic heterocycles. The van der Waals surface area contributed by atoms with Crippen molar-refractivity contribution in [1.29, 1.82) is 0 Å². The molecular weight excluding hydrogens is 1040 g/mol. The fraction of sp³-hybridized carbons (Fsp3) is 0.386. The molecule has 3 fully saturated rings. The first kappa shape index (κ1) is 59.4. The standard InChI is InChI=1S/C57H63N7O16/c1-29-27-64-46(47(29)70)55(78)62-53(76)42(69)26-40(58-50(73)37-19-17-35(18-20-37)16-15-34-13-11-33(12-14-34)10-9-32-7-5-4-6-8-32)51(74)59-43(30(2)65)56(79)63-28-39(68)25-41(63)52(75)61-45(54(77)60-44(31(3)66)57(64)80)49(72)48(71)36-21-23-38(67)24-22-36/h4-8,11-14,17-24,29-31,39-49,53,65-72,76H,25-28H2,1-3H3,(H,58,73)(H,59,74)(H,60,77)(H,61,75)(H,62,78)/t29-,30+,31+,39+,40-,41-,42+,43-,44-,45-,46-,47-,48-,49-,53-/m0/s1. The lowest BCUT2D eigenvalue weighted by atomic mass is 9.96. The van der Waals surface area contributed by atoms with Crippen LogP contribution in [0.15, 0.2) is 103 Å². The number of aliphatic hydroxyl groups excluding tert-OH is 8. The van der Waals surface area contributed by atoms with Crippen LogP contribution in [-0.2, 0) is 28.8 Å². The summed E-state index contributed by atoms with van der Waals surface area (Å²) in [6.07, 6.45) is -16.8. The van der Waals surface area contributed by atoms with Gasteiger partial charge in [0.2, 0.25) is 35.4 Å². The molecule has 23 nitrogen and oxygen atoms in total. The maximum Gasteiger partial charge on any atom is 0.251 e. The molecule has 0 radical (unpaired) electrons. The van der Waals surface area contributed by atoms with Gasteiger partial charge in [-0.05, 0) is 92.2 Å². The first-order chi connectivity index (χ1) is 38.0. The molecule has 0 spiro atoms. The fourth-order valence-electron chi connectivity index (χ4n) is 9.42. The summed E-state index contributed by atoms with van der Waals surface area (Å²) >= 11 is 0. The topological polar surface area (TPSA) is 368 Å². The van der Waals surface area contributed by atoms with Crippen LogP contribution >= 0.6 is 0 Å². The minimum atomic E-state index is -2.30. The summed E-state index contributed by atoms with van der Waals surface area (Å²) in [5, 5.41) is 111. The van der Waals surface area contributed by atoms with Crippen molar-refractivity contribution in [2.24, 2.45) is 5.92 Å². The molecule has 14 N–H and O–H groups in total. The van der Waals surface area contributed by atoms with E-state index in [0.717, 1.165) is 46.9 Å². The molecule has 0 aromatic heterocycles. The molecule has 23 heteroatoms. The lowest BCUT2D eigenvalue weighted by Crippen LogP contribution is -2.64. The van der Waals surface area contributed by atoms with Crippen LogP contribution < -0.4 is 26.6 Å². The van der Waals surface area contributed by atoms with Gasteiger partial charge >= 0.3 is 0 Å². The van der Waals surface area contributed by atoms with Gasteiger partial charge in [0.25, 0.3) is 5.91 Å². The number of carbonyl (C=O) groups is 7. The van der Waals surface area contributed by atoms with E-state index in [9.17, 15) is 79.5 Å². The Morgan fingerprint density at radius 3 is 1.64 bits per heavy atom. The monoisotopic (exact) mass is 1100 g/mol. The molecule has 0 aliphatic carbocycles. The molecule has 7 amide bonds. The van der Waals surface area contributed by atoms with Crippen LogP contribution in [0.5, 0.6) is 5.75 Å². The molecule has 3 heterocycles. The summed E-state index contributed by atoms with van der Waals surface area (Å²) in [6, 6.07) is 15.5. The Balaban J connectivity index is 1.18. The van der Waals surface area contributed by atoms with Crippen molar-refractivity contribution in [3.8, 4) is 29.4 Å². The highest BCUT2D eigenvalue weighted by atomic mass is 16.3. The highest BCUT2D eigenvalue weighted by Gasteiger charge is 2.50. The number of nitrogens with one attached hydrogen (secondary N) is 5. The zero-order valence-corrected chi connectivity index (χ0v) is 43.6. The molecule has 7 rings (SSSR count). The second-order valence-corrected chi connectivity index (χ2v) is 20.1. The predicted molar refractivity (Wildman–Crippen MR) is 282 cm³/mol. The highest BCUT2D eigenvalue weighted by Crippen LogP contribution is 2.28. The molecule has 3 aliphatic rings. The van der Waals surface area contributed by atoms with Gasteiger partial charge in [-0.25, -0.2) is 0 Å². The average Bonchev–Trinajstić information content (AvgIpc) is 3.99. The quantitative estimate of drug-likeness (QED) is 0.0819. The van der Waals surface area contributed by atoms with E-state index in [4.69, 9.17) is 0 Å². The van der Waals surface area contributed by atoms with Gasteiger partial charge in [0, 0.05) is 59.7 Å². The van der Waals surface area contributed by atoms with Crippen LogP contribution in [0.2, 0.25) is 0 Å². The predicted octanol–water partition coefficient (Wildman–Crippen LogP) is -3.03. The summed E-state index contributed by atoms with van der Waals surface area (Å²) in [7, 11) is 0. The molecule has 0 unspecified atom stereocenters. The molecule has 3 saturated heterocycles. The Morgan fingerprint density at radius 1 is 0.588 bits per heavy atom. The van der Waals surface area contributed by atoms with Crippen LogP contribution in [0.25, 0.3) is 0 Å². The number of aromatic hydroxyl groups is 1. The number of hydrogen-bond acceptors (Lipinski definition) is 16. The highest BCUT2D eigenvalue weighted by molar-refractivity contribution is 6.00. The van der Waals surface area contributed by atoms with E-state index >= 15 is 0 Å². The number of aliphatic hydroxyl groups is 8. The van der Waals surface area contributed by atoms with Crippen molar-refractivity contribution >= 4 is 41.4 Å². The van der Waals surface area contributed by atoms with E-state index in [0.29, 0.717) is 11.1 Å². The first-order valence-electron chi connectivity index (χ1n) is 25.7. The van der Waals surface area contributed by atoms with E-state index in [2.05, 4.69) is 50.3 Å². The zero-order chi connectivity index (χ0) is 58.1. The SMILES string of the molecule is C[C@@H](O)[C@@H]1NC(=O)[C@H]([C@H](O)[C@@H](O)c2ccc(O)cc2)NC(=O)[C@@H]2C[C@@H](O)CN2C(=O)[C@H]([C@@H](C)O)NC(=O)[C@@H](NC(=O)c2ccc(C#Cc3ccc(C#Cc4ccccc4)cc3)cc2)C[C@@H](O)[C@H](O)NC(=O)[C@@H]2[C@@H](O)[C@@H](C)CN2C1=O. The maximum atomic E-state index is 14.4. The van der Waals surface area contributed by atoms with E-state index in [1.807, 2.05) is 42.5 Å². The van der Waals surface area contributed by atoms with Crippen LogP contribution in [0, 0.1) is 29.6 Å². The van der Waals surface area contributed by atoms with Crippen molar-refractivity contribution in [2.75, 3.05) is 13.1 Å². The van der Waals surface area contributed by atoms with Crippen LogP contribution in [0.1, 0.15) is 77.9 Å². The summed E-state index contributed by atoms with van der Waals surface area (Å²) < 4.78 is 0. The number of nitrogens with zero attached hydrogens (tertiary/aromatic N) is 2. The van der Waals surface area contributed by atoms with E-state index in [-0.39, 0.29) is 23.4 Å². The lowest BCUT2D eigenvalue weighted by Gasteiger charge is -2.34. The van der Waals surface area contributed by atoms with Crippen LogP contribution in [-0.4, -0.2) is 189 Å². The molecule has 0 bridgehead atoms. The Morgan fingerprint density at radius 2 is 1.09 bits per heavy atom. The average molecular weight is 1100 g/mol. The lowest BCUT2D eigenvalue weighted by molar-refractivity contribution is -0.148. The maximum absolute atomic E-state index is 14.4. The summed E-state index contributed by atoms with van der Waals surface area (Å²) in [4.78, 5) is 101. The minimum Gasteiger partial charge on any atom is -0.508 e. The number of carbonyl (C=O) groups excluding carboxylic acids is 7. The molecule has 4 aromatic carbocycles. The molecule has 4 aromatic rings. The van der Waals surface area contributed by atoms with Crippen LogP contribution in [0.4, 0.5) is 0 Å². The first-order valence-corrected chi connectivity index (χ1v) is 25.7. The summed E-state index contributed by atoms with van der Waals surface area (Å²) in [5.74, 6) is 2.68. The van der Waals surface area contributed by atoms with Crippen LogP contribution in [0.3, 0.4) is 0 Å². The third-order valence-corrected chi connectivity index (χ3v) is 14.0. The van der Waals surface area contributed by atoms with Crippen molar-refractivity contribution < 1.29 is 79.5 Å². The molecule has 80 heavy (non-hydrogen) atoms. The van der Waals surface area contributed by atoms with Gasteiger partial charge in [-0.1, -0.05) is 60.9 Å². The number of phenolic OH excluding ortho intramolecular Hbond substituents is 1. The Bertz CT molecular complexity index is 3030. The number of amides is 7. The van der Waals surface area contributed by atoms with Gasteiger partial charge in [0.05, 0.1) is 24.4 Å². The smallest absolute Gasteiger partial charge is 0.251 e. The number of phenols is 1. The molecule has 422 valence electrons. The van der Waals surface area contributed by atoms with Crippen molar-refractivity contribution in [2.45, 2.75) is 119 Å². The Hall–Kier alpha value is -8.23. The van der Waals surface area contributed by atoms with Gasteiger partial charge in [0.1, 0.15) is 60.3 Å². The summed E-state index contributed by atoms with van der Waals surface area (Å²) in [5.41, 5.74) is 2.69. The fourth-order valence-corrected chi connectivity index (χ4v) is 9.42. The molecule has 15 atom stereocenters. The number of fused-ring (bicyclic) bond motifs is 2. The Labute approximate surface area is 459 Å². The third kappa shape index (κ3) is 14.3. The van der Waals surface area contributed by atoms with Crippen molar-refractivity contribution in [3.63, 3.8) is 0 Å². The Kier molecular flexibility index (Phi) is 19.4. The van der Waals surface area contributed by atoms with E-state index in [1.54, 1.807) is 12.1 Å². The third-order valence-electron chi connectivity index (χ3n) is 14.0. The molecular formula is C57H63N7O16. The second-order valence-electron chi connectivity index (χ2n) is 20.1. The van der Waals surface area contributed by atoms with Gasteiger partial charge < -0.3 is 82.3 Å². The van der Waals surface area contributed by atoms with E-state index in [1.165, 1.54) is 43.3 Å².